The van der Waals surface area contributed by atoms with E-state index in [-0.39, 0.29) is 0 Å². The van der Waals surface area contributed by atoms with Crippen LogP contribution < -0.4 is 15.4 Å². The van der Waals surface area contributed by atoms with Crippen molar-refractivity contribution < 1.29 is 9.15 Å². The third-order valence-corrected chi connectivity index (χ3v) is 2.42. The molecule has 0 bridgehead atoms. The monoisotopic (exact) mass is 262 g/mol. The fourth-order valence-electron chi connectivity index (χ4n) is 1.57. The summed E-state index contributed by atoms with van der Waals surface area (Å²) in [5, 5.41) is 14.1. The van der Waals surface area contributed by atoms with E-state index in [0.29, 0.717) is 25.1 Å². The van der Waals surface area contributed by atoms with Gasteiger partial charge < -0.3 is 19.8 Å². The lowest BCUT2D eigenvalue weighted by molar-refractivity contribution is 0.341. The zero-order chi connectivity index (χ0) is 13.5. The molecule has 1 aromatic carbocycles. The Kier molecular flexibility index (Phi) is 4.74. The molecule has 0 aliphatic heterocycles. The van der Waals surface area contributed by atoms with Crippen LogP contribution in [0.4, 0.5) is 11.7 Å². The number of aromatic nitrogens is 2. The minimum Gasteiger partial charge on any atom is -0.492 e. The first-order chi connectivity index (χ1) is 9.33. The van der Waals surface area contributed by atoms with E-state index in [0.717, 1.165) is 18.0 Å². The number of nitrogens with zero attached hydrogens (tertiary/aromatic N) is 2. The molecule has 1 aromatic heterocycles. The lowest BCUT2D eigenvalue weighted by Crippen LogP contribution is -2.11. The number of ether oxygens (including phenoxy) is 1. The van der Waals surface area contributed by atoms with Gasteiger partial charge in [-0.05, 0) is 25.6 Å². The molecule has 6 nitrogen and oxygen atoms in total. The topological polar surface area (TPSA) is 72.2 Å². The van der Waals surface area contributed by atoms with E-state index in [4.69, 9.17) is 9.15 Å². The van der Waals surface area contributed by atoms with Crippen LogP contribution in [0.25, 0.3) is 0 Å². The Bertz CT molecular complexity index is 513. The molecule has 0 amide bonds. The maximum absolute atomic E-state index is 5.52. The predicted molar refractivity (Wildman–Crippen MR) is 72.6 cm³/mol. The summed E-state index contributed by atoms with van der Waals surface area (Å²) in [5.41, 5.74) is 0.808. The van der Waals surface area contributed by atoms with Crippen LogP contribution in [-0.2, 0) is 6.54 Å². The van der Waals surface area contributed by atoms with E-state index >= 15 is 0 Å². The van der Waals surface area contributed by atoms with Crippen LogP contribution in [0.3, 0.4) is 0 Å². The standard InChI is InChI=1S/C13H18N4O2/c1-3-14-9-12-16-17-13(19-12)15-10-7-5-6-8-11(10)18-4-2/h5-8,14H,3-4,9H2,1-2H3,(H,15,17). The summed E-state index contributed by atoms with van der Waals surface area (Å²) in [7, 11) is 0. The lowest BCUT2D eigenvalue weighted by Gasteiger charge is -2.09. The molecule has 6 heteroatoms. The van der Waals surface area contributed by atoms with Crippen molar-refractivity contribution >= 4 is 11.7 Å². The Morgan fingerprint density at radius 2 is 2.05 bits per heavy atom. The van der Waals surface area contributed by atoms with Crippen molar-refractivity contribution in [3.63, 3.8) is 0 Å². The quantitative estimate of drug-likeness (QED) is 0.798. The zero-order valence-electron chi connectivity index (χ0n) is 11.1. The van der Waals surface area contributed by atoms with Crippen LogP contribution in [0.1, 0.15) is 19.7 Å². The first kappa shape index (κ1) is 13.4. The number of hydrogen-bond donors (Lipinski definition) is 2. The second-order valence-corrected chi connectivity index (χ2v) is 3.84. The van der Waals surface area contributed by atoms with E-state index in [2.05, 4.69) is 20.8 Å². The Balaban J connectivity index is 2.06. The van der Waals surface area contributed by atoms with E-state index in [1.165, 1.54) is 0 Å². The highest BCUT2D eigenvalue weighted by Crippen LogP contribution is 2.26. The molecule has 0 fully saturated rings. The van der Waals surface area contributed by atoms with Crippen molar-refractivity contribution in [2.45, 2.75) is 20.4 Å². The van der Waals surface area contributed by atoms with Crippen LogP contribution in [0.15, 0.2) is 28.7 Å². The Hall–Kier alpha value is -2.08. The van der Waals surface area contributed by atoms with Gasteiger partial charge in [-0.25, -0.2) is 0 Å². The summed E-state index contributed by atoms with van der Waals surface area (Å²) < 4.78 is 11.0. The van der Waals surface area contributed by atoms with Crippen molar-refractivity contribution in [1.29, 1.82) is 0 Å². The van der Waals surface area contributed by atoms with E-state index in [1.807, 2.05) is 38.1 Å². The Morgan fingerprint density at radius 3 is 2.84 bits per heavy atom. The molecule has 19 heavy (non-hydrogen) atoms. The van der Waals surface area contributed by atoms with Crippen molar-refractivity contribution in [3.8, 4) is 5.75 Å². The summed E-state index contributed by atoms with van der Waals surface area (Å²) in [6.07, 6.45) is 0. The van der Waals surface area contributed by atoms with Gasteiger partial charge in [0.2, 0.25) is 5.89 Å². The molecule has 0 saturated carbocycles. The average Bonchev–Trinajstić information content (AvgIpc) is 2.87. The first-order valence-corrected chi connectivity index (χ1v) is 6.35. The van der Waals surface area contributed by atoms with Gasteiger partial charge in [-0.15, -0.1) is 5.10 Å². The maximum Gasteiger partial charge on any atom is 0.320 e. The molecule has 0 saturated heterocycles. The molecule has 2 N–H and O–H groups in total. The smallest absolute Gasteiger partial charge is 0.320 e. The summed E-state index contributed by atoms with van der Waals surface area (Å²) in [5.74, 6) is 1.31. The largest absolute Gasteiger partial charge is 0.492 e. The molecular formula is C13H18N4O2. The van der Waals surface area contributed by atoms with Gasteiger partial charge >= 0.3 is 6.01 Å². The summed E-state index contributed by atoms with van der Waals surface area (Å²) in [6, 6.07) is 7.99. The molecular weight excluding hydrogens is 244 g/mol. The van der Waals surface area contributed by atoms with Gasteiger partial charge in [-0.3, -0.25) is 0 Å². The molecule has 2 aromatic rings. The number of anilines is 2. The average molecular weight is 262 g/mol. The van der Waals surface area contributed by atoms with Crippen molar-refractivity contribution in [3.05, 3.63) is 30.2 Å². The van der Waals surface area contributed by atoms with Crippen molar-refractivity contribution in [1.82, 2.24) is 15.5 Å². The van der Waals surface area contributed by atoms with Crippen LogP contribution in [-0.4, -0.2) is 23.3 Å². The minimum absolute atomic E-state index is 0.361. The second-order valence-electron chi connectivity index (χ2n) is 3.84. The van der Waals surface area contributed by atoms with E-state index in [9.17, 15) is 0 Å². The van der Waals surface area contributed by atoms with Gasteiger partial charge in [-0.1, -0.05) is 24.2 Å². The SMILES string of the molecule is CCNCc1nnc(Nc2ccccc2OCC)o1. The maximum atomic E-state index is 5.52. The molecule has 102 valence electrons. The number of rotatable bonds is 7. The van der Waals surface area contributed by atoms with Gasteiger partial charge in [-0.2, -0.15) is 0 Å². The minimum atomic E-state index is 0.361. The van der Waals surface area contributed by atoms with E-state index < -0.39 is 0 Å². The van der Waals surface area contributed by atoms with Gasteiger partial charge in [0.1, 0.15) is 5.75 Å². The van der Waals surface area contributed by atoms with Gasteiger partial charge in [0.15, 0.2) is 0 Å². The molecule has 0 aliphatic rings. The molecule has 1 heterocycles. The van der Waals surface area contributed by atoms with Gasteiger partial charge in [0, 0.05) is 0 Å². The van der Waals surface area contributed by atoms with Crippen LogP contribution in [0, 0.1) is 0 Å². The fourth-order valence-corrected chi connectivity index (χ4v) is 1.57. The predicted octanol–water partition coefficient (Wildman–Crippen LogP) is 2.32. The first-order valence-electron chi connectivity index (χ1n) is 6.35. The highest BCUT2D eigenvalue weighted by atomic mass is 16.5. The third-order valence-electron chi connectivity index (χ3n) is 2.42. The molecule has 0 radical (unpaired) electrons. The third kappa shape index (κ3) is 3.69. The van der Waals surface area contributed by atoms with Crippen molar-refractivity contribution in [2.75, 3.05) is 18.5 Å². The van der Waals surface area contributed by atoms with E-state index in [1.54, 1.807) is 0 Å². The summed E-state index contributed by atoms with van der Waals surface area (Å²) in [4.78, 5) is 0. The molecule has 0 spiro atoms. The molecule has 2 rings (SSSR count). The number of benzene rings is 1. The number of para-hydroxylation sites is 2. The fraction of sp³-hybridized carbons (Fsp3) is 0.385. The van der Waals surface area contributed by atoms with Gasteiger partial charge in [0.25, 0.3) is 0 Å². The van der Waals surface area contributed by atoms with Crippen LogP contribution in [0.5, 0.6) is 5.75 Å². The number of hydrogen-bond acceptors (Lipinski definition) is 6. The highest BCUT2D eigenvalue weighted by Gasteiger charge is 2.08. The normalized spacial score (nSPS) is 10.4. The molecule has 0 aliphatic carbocycles. The summed E-state index contributed by atoms with van der Waals surface area (Å²) >= 11 is 0. The summed E-state index contributed by atoms with van der Waals surface area (Å²) in [6.45, 7) is 6.00. The Labute approximate surface area is 112 Å². The van der Waals surface area contributed by atoms with Crippen LogP contribution in [0.2, 0.25) is 0 Å². The highest BCUT2D eigenvalue weighted by molar-refractivity contribution is 5.61. The second kappa shape index (κ2) is 6.75. The lowest BCUT2D eigenvalue weighted by atomic mass is 10.3. The van der Waals surface area contributed by atoms with Crippen LogP contribution >= 0.6 is 0 Å². The zero-order valence-corrected chi connectivity index (χ0v) is 11.1. The molecule has 0 atom stereocenters. The number of nitrogens with one attached hydrogen (secondary N) is 2. The van der Waals surface area contributed by atoms with Crippen molar-refractivity contribution in [2.24, 2.45) is 0 Å². The van der Waals surface area contributed by atoms with Gasteiger partial charge in [0.05, 0.1) is 18.8 Å². The Morgan fingerprint density at radius 1 is 1.21 bits per heavy atom. The molecule has 0 unspecified atom stereocenters.